The Morgan fingerprint density at radius 1 is 1.47 bits per heavy atom. The zero-order chi connectivity index (χ0) is 13.8. The van der Waals surface area contributed by atoms with Crippen LogP contribution in [0.15, 0.2) is 23.1 Å². The Kier molecular flexibility index (Phi) is 5.11. The van der Waals surface area contributed by atoms with Crippen molar-refractivity contribution in [3.05, 3.63) is 23.8 Å². The quantitative estimate of drug-likeness (QED) is 0.640. The highest BCUT2D eigenvalue weighted by molar-refractivity contribution is 7.98. The molecule has 0 saturated heterocycles. The molecule has 0 aliphatic heterocycles. The minimum Gasteiger partial charge on any atom is -0.389 e. The number of benzene rings is 1. The van der Waals surface area contributed by atoms with Crippen LogP contribution in [0.25, 0.3) is 0 Å². The molecule has 19 heavy (non-hydrogen) atoms. The van der Waals surface area contributed by atoms with E-state index >= 15 is 0 Å². The van der Waals surface area contributed by atoms with Crippen LogP contribution in [-0.2, 0) is 0 Å². The standard InChI is InChI=1S/C15H22N2S2/c1-3-17(10-11-6-4-7-11)12-8-5-9-13(19-2)14(12)15(16)18/h5,8-9,11H,3-4,6-7,10H2,1-2H3,(H2,16,18). The van der Waals surface area contributed by atoms with Crippen LogP contribution in [0.3, 0.4) is 0 Å². The summed E-state index contributed by atoms with van der Waals surface area (Å²) in [6.07, 6.45) is 6.18. The minimum atomic E-state index is 0.506. The van der Waals surface area contributed by atoms with Crippen LogP contribution in [0.4, 0.5) is 5.69 Å². The Morgan fingerprint density at radius 3 is 2.68 bits per heavy atom. The summed E-state index contributed by atoms with van der Waals surface area (Å²) < 4.78 is 0. The van der Waals surface area contributed by atoms with E-state index in [2.05, 4.69) is 36.3 Å². The van der Waals surface area contributed by atoms with Gasteiger partial charge in [0.05, 0.1) is 0 Å². The number of anilines is 1. The Hall–Kier alpha value is -0.740. The van der Waals surface area contributed by atoms with Crippen molar-refractivity contribution >= 4 is 34.7 Å². The summed E-state index contributed by atoms with van der Waals surface area (Å²) in [7, 11) is 0. The van der Waals surface area contributed by atoms with Crippen LogP contribution in [-0.4, -0.2) is 24.3 Å². The SMILES string of the molecule is CCN(CC1CCC1)c1cccc(SC)c1C(N)=S. The molecule has 0 radical (unpaired) electrons. The van der Waals surface area contributed by atoms with Gasteiger partial charge in [0.25, 0.3) is 0 Å². The van der Waals surface area contributed by atoms with Crippen molar-refractivity contribution in [2.24, 2.45) is 11.7 Å². The lowest BCUT2D eigenvalue weighted by atomic mass is 9.85. The van der Waals surface area contributed by atoms with E-state index in [-0.39, 0.29) is 0 Å². The van der Waals surface area contributed by atoms with Gasteiger partial charge in [-0.3, -0.25) is 0 Å². The van der Waals surface area contributed by atoms with Crippen molar-refractivity contribution < 1.29 is 0 Å². The first-order chi connectivity index (χ1) is 9.17. The fourth-order valence-electron chi connectivity index (χ4n) is 2.59. The lowest BCUT2D eigenvalue weighted by Gasteiger charge is -2.34. The van der Waals surface area contributed by atoms with Gasteiger partial charge in [-0.1, -0.05) is 24.7 Å². The molecule has 0 bridgehead atoms. The summed E-state index contributed by atoms with van der Waals surface area (Å²) in [5.41, 5.74) is 8.20. The summed E-state index contributed by atoms with van der Waals surface area (Å²) in [6.45, 7) is 4.33. The predicted octanol–water partition coefficient (Wildman–Crippen LogP) is 3.67. The first-order valence-corrected chi connectivity index (χ1v) is 8.52. The predicted molar refractivity (Wildman–Crippen MR) is 89.3 cm³/mol. The van der Waals surface area contributed by atoms with Crippen molar-refractivity contribution in [2.45, 2.75) is 31.1 Å². The number of hydrogen-bond acceptors (Lipinski definition) is 3. The van der Waals surface area contributed by atoms with Crippen molar-refractivity contribution in [3.63, 3.8) is 0 Å². The molecular formula is C15H22N2S2. The van der Waals surface area contributed by atoms with Gasteiger partial charge in [0.2, 0.25) is 0 Å². The van der Waals surface area contributed by atoms with Crippen LogP contribution in [0, 0.1) is 5.92 Å². The lowest BCUT2D eigenvalue weighted by molar-refractivity contribution is 0.318. The first-order valence-electron chi connectivity index (χ1n) is 6.89. The van der Waals surface area contributed by atoms with Gasteiger partial charge in [-0.15, -0.1) is 11.8 Å². The third-order valence-electron chi connectivity index (χ3n) is 3.90. The van der Waals surface area contributed by atoms with Crippen molar-refractivity contribution in [2.75, 3.05) is 24.2 Å². The third kappa shape index (κ3) is 3.23. The van der Waals surface area contributed by atoms with Crippen LogP contribution in [0.2, 0.25) is 0 Å². The number of nitrogens with zero attached hydrogens (tertiary/aromatic N) is 1. The number of hydrogen-bond donors (Lipinski definition) is 1. The fourth-order valence-corrected chi connectivity index (χ4v) is 3.50. The minimum absolute atomic E-state index is 0.506. The molecular weight excluding hydrogens is 272 g/mol. The highest BCUT2D eigenvalue weighted by Crippen LogP contribution is 2.33. The van der Waals surface area contributed by atoms with Crippen LogP contribution in [0.1, 0.15) is 31.7 Å². The number of rotatable bonds is 6. The van der Waals surface area contributed by atoms with E-state index in [0.29, 0.717) is 4.99 Å². The van der Waals surface area contributed by atoms with Gasteiger partial charge in [0, 0.05) is 29.2 Å². The molecule has 4 heteroatoms. The van der Waals surface area contributed by atoms with Gasteiger partial charge in [0.15, 0.2) is 0 Å². The van der Waals surface area contributed by atoms with Crippen molar-refractivity contribution in [1.82, 2.24) is 0 Å². The molecule has 104 valence electrons. The molecule has 0 amide bonds. The van der Waals surface area contributed by atoms with E-state index in [9.17, 15) is 0 Å². The van der Waals surface area contributed by atoms with Gasteiger partial charge < -0.3 is 10.6 Å². The molecule has 2 rings (SSSR count). The summed E-state index contributed by atoms with van der Waals surface area (Å²) in [4.78, 5) is 4.11. The largest absolute Gasteiger partial charge is 0.389 e. The second-order valence-electron chi connectivity index (χ2n) is 5.05. The Labute approximate surface area is 125 Å². The van der Waals surface area contributed by atoms with Gasteiger partial charge >= 0.3 is 0 Å². The van der Waals surface area contributed by atoms with Crippen molar-refractivity contribution in [3.8, 4) is 0 Å². The topological polar surface area (TPSA) is 29.3 Å². The average Bonchev–Trinajstić information content (AvgIpc) is 2.36. The second-order valence-corrected chi connectivity index (χ2v) is 6.34. The third-order valence-corrected chi connectivity index (χ3v) is 4.88. The molecule has 2 N–H and O–H groups in total. The fraction of sp³-hybridized carbons (Fsp3) is 0.533. The van der Waals surface area contributed by atoms with E-state index < -0.39 is 0 Å². The molecule has 1 fully saturated rings. The molecule has 1 aromatic carbocycles. The van der Waals surface area contributed by atoms with Crippen molar-refractivity contribution in [1.29, 1.82) is 0 Å². The van der Waals surface area contributed by atoms with Crippen LogP contribution in [0.5, 0.6) is 0 Å². The molecule has 1 saturated carbocycles. The number of thiocarbonyl (C=S) groups is 1. The van der Waals surface area contributed by atoms with Crippen LogP contribution >= 0.6 is 24.0 Å². The van der Waals surface area contributed by atoms with Gasteiger partial charge in [-0.25, -0.2) is 0 Å². The molecule has 2 nitrogen and oxygen atoms in total. The average molecular weight is 294 g/mol. The molecule has 0 spiro atoms. The summed E-state index contributed by atoms with van der Waals surface area (Å²) in [5.74, 6) is 0.845. The van der Waals surface area contributed by atoms with E-state index in [0.717, 1.165) is 24.6 Å². The maximum atomic E-state index is 5.95. The Morgan fingerprint density at radius 2 is 2.21 bits per heavy atom. The molecule has 1 aromatic rings. The van der Waals surface area contributed by atoms with Gasteiger partial charge in [0.1, 0.15) is 4.99 Å². The lowest BCUT2D eigenvalue weighted by Crippen LogP contribution is -2.34. The van der Waals surface area contributed by atoms with E-state index in [1.165, 1.54) is 29.8 Å². The summed E-state index contributed by atoms with van der Waals surface area (Å²) in [5, 5.41) is 0. The van der Waals surface area contributed by atoms with Crippen LogP contribution < -0.4 is 10.6 Å². The second kappa shape index (κ2) is 6.62. The normalized spacial score (nSPS) is 15.1. The smallest absolute Gasteiger partial charge is 0.107 e. The summed E-state index contributed by atoms with van der Waals surface area (Å²) >= 11 is 6.97. The highest BCUT2D eigenvalue weighted by atomic mass is 32.2. The molecule has 0 aromatic heterocycles. The van der Waals surface area contributed by atoms with E-state index in [4.69, 9.17) is 18.0 Å². The molecule has 1 aliphatic rings. The number of nitrogens with two attached hydrogens (primary N) is 1. The zero-order valence-corrected chi connectivity index (χ0v) is 13.3. The maximum absolute atomic E-state index is 5.95. The van der Waals surface area contributed by atoms with Gasteiger partial charge in [-0.05, 0) is 44.1 Å². The van der Waals surface area contributed by atoms with Gasteiger partial charge in [-0.2, -0.15) is 0 Å². The number of thioether (sulfide) groups is 1. The van der Waals surface area contributed by atoms with E-state index in [1.807, 2.05) is 0 Å². The van der Waals surface area contributed by atoms with E-state index in [1.54, 1.807) is 11.8 Å². The molecule has 0 atom stereocenters. The summed E-state index contributed by atoms with van der Waals surface area (Å²) in [6, 6.07) is 6.35. The monoisotopic (exact) mass is 294 g/mol. The molecule has 0 heterocycles. The Balaban J connectivity index is 2.32. The maximum Gasteiger partial charge on any atom is 0.107 e. The highest BCUT2D eigenvalue weighted by Gasteiger charge is 2.22. The Bertz CT molecular complexity index is 455. The molecule has 0 unspecified atom stereocenters. The first kappa shape index (κ1) is 14.7. The molecule has 1 aliphatic carbocycles. The zero-order valence-electron chi connectivity index (χ0n) is 11.7.